The molecule has 0 heterocycles. The van der Waals surface area contributed by atoms with E-state index in [0.29, 0.717) is 36.0 Å². The average Bonchev–Trinajstić information content (AvgIpc) is 2.81. The minimum absolute atomic E-state index is 0.386. The highest BCUT2D eigenvalue weighted by Gasteiger charge is 2.10. The molecule has 0 unspecified atom stereocenters. The summed E-state index contributed by atoms with van der Waals surface area (Å²) in [6.07, 6.45) is 1.01. The molecule has 7 nitrogen and oxygen atoms in total. The number of hydrogen-bond donors (Lipinski definition) is 2. The van der Waals surface area contributed by atoms with Crippen LogP contribution in [0.2, 0.25) is 0 Å². The Morgan fingerprint density at radius 3 is 2.41 bits per heavy atom. The lowest BCUT2D eigenvalue weighted by molar-refractivity contribution is -0.126. The molecule has 0 aliphatic heterocycles. The van der Waals surface area contributed by atoms with Crippen molar-refractivity contribution in [1.29, 1.82) is 0 Å². The van der Waals surface area contributed by atoms with Gasteiger partial charge in [0.25, 0.3) is 0 Å². The van der Waals surface area contributed by atoms with Gasteiger partial charge >= 0.3 is 0 Å². The van der Waals surface area contributed by atoms with Crippen molar-refractivity contribution in [3.8, 4) is 11.5 Å². The molecule has 3 aromatic rings. The topological polar surface area (TPSA) is 89.0 Å². The van der Waals surface area contributed by atoms with E-state index < -0.39 is 24.1 Å². The van der Waals surface area contributed by atoms with E-state index in [1.165, 1.54) is 30.5 Å². The van der Waals surface area contributed by atoms with Crippen LogP contribution in [0.3, 0.4) is 0 Å². The number of rotatable bonds is 10. The molecule has 0 bridgehead atoms. The number of anilines is 1. The summed E-state index contributed by atoms with van der Waals surface area (Å²) >= 11 is 3.41. The quantitative estimate of drug-likeness (QED) is 0.219. The molecule has 0 fully saturated rings. The van der Waals surface area contributed by atoms with Crippen molar-refractivity contribution in [2.75, 3.05) is 11.9 Å². The average molecular weight is 528 g/mol. The first-order valence-corrected chi connectivity index (χ1v) is 11.2. The lowest BCUT2D eigenvalue weighted by atomic mass is 10.2. The van der Waals surface area contributed by atoms with Gasteiger partial charge in [-0.2, -0.15) is 5.10 Å². The summed E-state index contributed by atoms with van der Waals surface area (Å²) in [4.78, 5) is 23.9. The standard InChI is InChI=1S/C25H23BrFN3O4/c1-2-33-23-13-18(5-12-22(23)34-16-17-3-6-19(26)7-4-17)15-28-30-25(32)14-24(31)29-21-10-8-20(27)9-11-21/h3-13,15H,2,14,16H2,1H3,(H,29,31)(H,30,32). The minimum atomic E-state index is -0.588. The van der Waals surface area contributed by atoms with Crippen LogP contribution in [0.1, 0.15) is 24.5 Å². The molecule has 2 amide bonds. The second kappa shape index (κ2) is 12.5. The Balaban J connectivity index is 1.53. The molecule has 3 rings (SSSR count). The highest BCUT2D eigenvalue weighted by molar-refractivity contribution is 9.10. The van der Waals surface area contributed by atoms with Gasteiger partial charge in [-0.15, -0.1) is 0 Å². The lowest BCUT2D eigenvalue weighted by Crippen LogP contribution is -2.24. The van der Waals surface area contributed by atoms with Crippen molar-refractivity contribution in [2.45, 2.75) is 20.0 Å². The predicted octanol–water partition coefficient (Wildman–Crippen LogP) is 5.04. The van der Waals surface area contributed by atoms with E-state index in [9.17, 15) is 14.0 Å². The predicted molar refractivity (Wildman–Crippen MR) is 131 cm³/mol. The molecule has 0 aliphatic carbocycles. The van der Waals surface area contributed by atoms with Crippen molar-refractivity contribution in [1.82, 2.24) is 5.43 Å². The summed E-state index contributed by atoms with van der Waals surface area (Å²) in [7, 11) is 0. The first-order chi connectivity index (χ1) is 16.4. The molecular formula is C25H23BrFN3O4. The van der Waals surface area contributed by atoms with Gasteiger partial charge in [-0.3, -0.25) is 9.59 Å². The van der Waals surface area contributed by atoms with Crippen molar-refractivity contribution < 1.29 is 23.5 Å². The van der Waals surface area contributed by atoms with E-state index in [-0.39, 0.29) is 0 Å². The number of amides is 2. The molecule has 0 spiro atoms. The maximum Gasteiger partial charge on any atom is 0.249 e. The highest BCUT2D eigenvalue weighted by Crippen LogP contribution is 2.29. The van der Waals surface area contributed by atoms with Gasteiger partial charge in [0.15, 0.2) is 11.5 Å². The van der Waals surface area contributed by atoms with E-state index in [0.717, 1.165) is 10.0 Å². The smallest absolute Gasteiger partial charge is 0.249 e. The van der Waals surface area contributed by atoms with Gasteiger partial charge < -0.3 is 14.8 Å². The zero-order chi connectivity index (χ0) is 24.3. The van der Waals surface area contributed by atoms with Crippen LogP contribution >= 0.6 is 15.9 Å². The van der Waals surface area contributed by atoms with Crippen LogP contribution in [-0.4, -0.2) is 24.6 Å². The fourth-order valence-electron chi connectivity index (χ4n) is 2.84. The van der Waals surface area contributed by atoms with Crippen LogP contribution < -0.4 is 20.2 Å². The minimum Gasteiger partial charge on any atom is -0.490 e. The molecule has 176 valence electrons. The molecule has 0 saturated heterocycles. The van der Waals surface area contributed by atoms with Gasteiger partial charge in [0.2, 0.25) is 11.8 Å². The van der Waals surface area contributed by atoms with Crippen molar-refractivity contribution in [3.05, 3.63) is 88.1 Å². The number of nitrogens with zero attached hydrogens (tertiary/aromatic N) is 1. The fraction of sp³-hybridized carbons (Fsp3) is 0.160. The van der Waals surface area contributed by atoms with Gasteiger partial charge in [0.05, 0.1) is 12.8 Å². The number of hydrogen-bond acceptors (Lipinski definition) is 5. The van der Waals surface area contributed by atoms with Gasteiger partial charge in [0, 0.05) is 10.2 Å². The number of nitrogens with one attached hydrogen (secondary N) is 2. The number of carbonyl (C=O) groups is 2. The van der Waals surface area contributed by atoms with Crippen LogP contribution in [0.4, 0.5) is 10.1 Å². The summed E-state index contributed by atoms with van der Waals surface area (Å²) in [5.74, 6) is -0.403. The Morgan fingerprint density at radius 1 is 0.971 bits per heavy atom. The SMILES string of the molecule is CCOc1cc(C=NNC(=O)CC(=O)Nc2ccc(F)cc2)ccc1OCc1ccc(Br)cc1. The van der Waals surface area contributed by atoms with Crippen molar-refractivity contribution in [3.63, 3.8) is 0 Å². The first-order valence-electron chi connectivity index (χ1n) is 10.4. The monoisotopic (exact) mass is 527 g/mol. The van der Waals surface area contributed by atoms with Crippen LogP contribution in [0.5, 0.6) is 11.5 Å². The Labute approximate surface area is 205 Å². The van der Waals surface area contributed by atoms with E-state index in [1.807, 2.05) is 31.2 Å². The Kier molecular flexibility index (Phi) is 9.16. The molecule has 3 aromatic carbocycles. The van der Waals surface area contributed by atoms with E-state index in [1.54, 1.807) is 18.2 Å². The van der Waals surface area contributed by atoms with Crippen LogP contribution in [0, 0.1) is 5.82 Å². The van der Waals surface area contributed by atoms with Crippen LogP contribution in [-0.2, 0) is 16.2 Å². The largest absolute Gasteiger partial charge is 0.490 e. The molecule has 0 atom stereocenters. The zero-order valence-electron chi connectivity index (χ0n) is 18.4. The van der Waals surface area contributed by atoms with Gasteiger partial charge in [-0.25, -0.2) is 9.82 Å². The number of benzene rings is 3. The van der Waals surface area contributed by atoms with Crippen LogP contribution in [0.15, 0.2) is 76.3 Å². The van der Waals surface area contributed by atoms with E-state index in [4.69, 9.17) is 9.47 Å². The highest BCUT2D eigenvalue weighted by atomic mass is 79.9. The fourth-order valence-corrected chi connectivity index (χ4v) is 3.10. The van der Waals surface area contributed by atoms with Crippen molar-refractivity contribution in [2.24, 2.45) is 5.10 Å². The van der Waals surface area contributed by atoms with Crippen LogP contribution in [0.25, 0.3) is 0 Å². The molecular weight excluding hydrogens is 505 g/mol. The van der Waals surface area contributed by atoms with Gasteiger partial charge in [0.1, 0.15) is 18.8 Å². The van der Waals surface area contributed by atoms with E-state index in [2.05, 4.69) is 31.8 Å². The number of hydrazone groups is 1. The zero-order valence-corrected chi connectivity index (χ0v) is 20.0. The number of ether oxygens (including phenoxy) is 2. The summed E-state index contributed by atoms with van der Waals surface area (Å²) in [6, 6.07) is 18.4. The first kappa shape index (κ1) is 24.9. The third-order valence-electron chi connectivity index (χ3n) is 4.43. The number of carbonyl (C=O) groups excluding carboxylic acids is 2. The lowest BCUT2D eigenvalue weighted by Gasteiger charge is -2.12. The summed E-state index contributed by atoms with van der Waals surface area (Å²) < 4.78 is 25.5. The van der Waals surface area contributed by atoms with Gasteiger partial charge in [-0.1, -0.05) is 28.1 Å². The summed E-state index contributed by atoms with van der Waals surface area (Å²) in [6.45, 7) is 2.71. The Morgan fingerprint density at radius 2 is 1.71 bits per heavy atom. The maximum atomic E-state index is 12.9. The van der Waals surface area contributed by atoms with Gasteiger partial charge in [-0.05, 0) is 72.6 Å². The summed E-state index contributed by atoms with van der Waals surface area (Å²) in [5, 5.41) is 6.40. The molecule has 0 aliphatic rings. The normalized spacial score (nSPS) is 10.7. The van der Waals surface area contributed by atoms with Crippen molar-refractivity contribution >= 4 is 39.6 Å². The molecule has 9 heteroatoms. The molecule has 34 heavy (non-hydrogen) atoms. The summed E-state index contributed by atoms with van der Waals surface area (Å²) in [5.41, 5.74) is 4.40. The van der Waals surface area contributed by atoms with E-state index >= 15 is 0 Å². The molecule has 0 radical (unpaired) electrons. The third-order valence-corrected chi connectivity index (χ3v) is 4.96. The molecule has 0 aromatic heterocycles. The maximum absolute atomic E-state index is 12.9. The molecule has 2 N–H and O–H groups in total. The number of halogens is 2. The Bertz CT molecular complexity index is 1150. The Hall–Kier alpha value is -3.72. The second-order valence-corrected chi connectivity index (χ2v) is 8.00. The second-order valence-electron chi connectivity index (χ2n) is 7.08. The third kappa shape index (κ3) is 8.00. The molecule has 0 saturated carbocycles.